The summed E-state index contributed by atoms with van der Waals surface area (Å²) in [7, 11) is 1.28. The molecule has 2 heterocycles. The number of aromatic nitrogens is 2. The number of H-pyrrole nitrogens is 1. The van der Waals surface area contributed by atoms with Crippen LogP contribution in [0.25, 0.3) is 11.0 Å². The Labute approximate surface area is 181 Å². The van der Waals surface area contributed by atoms with Crippen LogP contribution in [0.15, 0.2) is 18.2 Å². The number of ether oxygens (including phenoxy) is 1. The van der Waals surface area contributed by atoms with Gasteiger partial charge in [-0.3, -0.25) is 9.59 Å². The van der Waals surface area contributed by atoms with Crippen molar-refractivity contribution in [3.05, 3.63) is 29.6 Å². The van der Waals surface area contributed by atoms with Crippen molar-refractivity contribution in [2.45, 2.75) is 58.0 Å². The van der Waals surface area contributed by atoms with Gasteiger partial charge in [-0.15, -0.1) is 0 Å². The Morgan fingerprint density at radius 1 is 1.35 bits per heavy atom. The highest BCUT2D eigenvalue weighted by molar-refractivity contribution is 5.86. The minimum Gasteiger partial charge on any atom is -0.453 e. The van der Waals surface area contributed by atoms with Crippen molar-refractivity contribution >= 4 is 28.9 Å². The number of rotatable bonds is 8. The molecule has 0 saturated carbocycles. The van der Waals surface area contributed by atoms with Gasteiger partial charge in [-0.25, -0.2) is 9.78 Å². The first-order valence-corrected chi connectivity index (χ1v) is 10.7. The van der Waals surface area contributed by atoms with Gasteiger partial charge in [0.2, 0.25) is 11.8 Å². The number of imidazole rings is 1. The Hall–Kier alpha value is -3.10. The third-order valence-corrected chi connectivity index (χ3v) is 5.70. The number of nitrogens with zero attached hydrogens (tertiary/aromatic N) is 2. The van der Waals surface area contributed by atoms with Crippen LogP contribution in [0.1, 0.15) is 57.0 Å². The molecule has 1 aromatic heterocycles. The first kappa shape index (κ1) is 22.6. The smallest absolute Gasteiger partial charge is 0.407 e. The predicted octanol–water partition coefficient (Wildman–Crippen LogP) is 2.42. The van der Waals surface area contributed by atoms with Crippen LogP contribution >= 0.6 is 0 Å². The summed E-state index contributed by atoms with van der Waals surface area (Å²) in [6, 6.07) is 5.16. The number of carbonyl (C=O) groups excluding carboxylic acids is 3. The molecule has 2 atom stereocenters. The molecule has 3 rings (SSSR count). The molecule has 0 spiro atoms. The van der Waals surface area contributed by atoms with E-state index in [2.05, 4.69) is 15.0 Å². The number of benzene rings is 1. The SMILES string of the molecule is COC(=O)NC(C(=O)N1CCCC1c1nc2ccc(CCCC(N)=O)cc2[nH]1)C(C)C. The summed E-state index contributed by atoms with van der Waals surface area (Å²) in [5.74, 6) is 0.245. The summed E-state index contributed by atoms with van der Waals surface area (Å²) in [4.78, 5) is 45.8. The molecule has 9 heteroatoms. The third kappa shape index (κ3) is 5.34. The highest BCUT2D eigenvalue weighted by Crippen LogP contribution is 2.32. The molecule has 1 fully saturated rings. The van der Waals surface area contributed by atoms with E-state index in [1.165, 1.54) is 7.11 Å². The molecular formula is C22H31N5O4. The fourth-order valence-electron chi connectivity index (χ4n) is 4.05. The maximum Gasteiger partial charge on any atom is 0.407 e. The number of hydrogen-bond donors (Lipinski definition) is 3. The number of hydrogen-bond acceptors (Lipinski definition) is 5. The van der Waals surface area contributed by atoms with E-state index >= 15 is 0 Å². The lowest BCUT2D eigenvalue weighted by Gasteiger charge is -2.29. The molecule has 0 bridgehead atoms. The zero-order valence-electron chi connectivity index (χ0n) is 18.3. The minimum atomic E-state index is -0.658. The van der Waals surface area contributed by atoms with Crippen LogP contribution in [-0.2, 0) is 20.7 Å². The Morgan fingerprint density at radius 2 is 2.13 bits per heavy atom. The molecule has 3 amide bonds. The first-order valence-electron chi connectivity index (χ1n) is 10.7. The molecule has 31 heavy (non-hydrogen) atoms. The number of methoxy groups -OCH3 is 1. The maximum atomic E-state index is 13.2. The molecular weight excluding hydrogens is 398 g/mol. The summed E-state index contributed by atoms with van der Waals surface area (Å²) in [5.41, 5.74) is 8.05. The summed E-state index contributed by atoms with van der Waals surface area (Å²) in [6.07, 6.45) is 2.89. The van der Waals surface area contributed by atoms with Gasteiger partial charge in [-0.05, 0) is 49.3 Å². The molecule has 1 aliphatic heterocycles. The number of likely N-dealkylation sites (tertiary alicyclic amines) is 1. The van der Waals surface area contributed by atoms with E-state index in [1.807, 2.05) is 32.0 Å². The highest BCUT2D eigenvalue weighted by atomic mass is 16.5. The monoisotopic (exact) mass is 429 g/mol. The summed E-state index contributed by atoms with van der Waals surface area (Å²) in [5, 5.41) is 2.66. The Morgan fingerprint density at radius 3 is 2.81 bits per heavy atom. The molecule has 9 nitrogen and oxygen atoms in total. The number of carbonyl (C=O) groups is 3. The molecule has 168 valence electrons. The van der Waals surface area contributed by atoms with Crippen molar-refractivity contribution in [3.8, 4) is 0 Å². The second-order valence-corrected chi connectivity index (χ2v) is 8.34. The van der Waals surface area contributed by atoms with Gasteiger partial charge < -0.3 is 25.7 Å². The van der Waals surface area contributed by atoms with E-state index < -0.39 is 12.1 Å². The fourth-order valence-corrected chi connectivity index (χ4v) is 4.05. The van der Waals surface area contributed by atoms with E-state index in [9.17, 15) is 14.4 Å². The number of fused-ring (bicyclic) bond motifs is 1. The second kappa shape index (κ2) is 9.80. The zero-order chi connectivity index (χ0) is 22.5. The van der Waals surface area contributed by atoms with E-state index in [-0.39, 0.29) is 23.8 Å². The van der Waals surface area contributed by atoms with E-state index in [0.29, 0.717) is 19.4 Å². The van der Waals surface area contributed by atoms with Gasteiger partial charge in [-0.2, -0.15) is 0 Å². The number of alkyl carbamates (subject to hydrolysis) is 1. The van der Waals surface area contributed by atoms with E-state index in [1.54, 1.807) is 4.90 Å². The van der Waals surface area contributed by atoms with E-state index in [0.717, 1.165) is 41.7 Å². The standard InChI is InChI=1S/C22H31N5O4/c1-13(2)19(26-22(30)31-3)21(29)27-11-5-7-17(27)20-24-15-10-9-14(12-16(15)25-20)6-4-8-18(23)28/h9-10,12-13,17,19H,4-8,11H2,1-3H3,(H2,23,28)(H,24,25)(H,26,30). The first-order chi connectivity index (χ1) is 14.8. The zero-order valence-corrected chi connectivity index (χ0v) is 18.3. The van der Waals surface area contributed by atoms with Gasteiger partial charge in [0.15, 0.2) is 0 Å². The van der Waals surface area contributed by atoms with Crippen LogP contribution in [0.5, 0.6) is 0 Å². The summed E-state index contributed by atoms with van der Waals surface area (Å²) < 4.78 is 4.68. The van der Waals surface area contributed by atoms with Crippen molar-refractivity contribution in [2.75, 3.05) is 13.7 Å². The van der Waals surface area contributed by atoms with Crippen molar-refractivity contribution < 1.29 is 19.1 Å². The van der Waals surface area contributed by atoms with Gasteiger partial charge in [0.25, 0.3) is 0 Å². The Balaban J connectivity index is 1.78. The number of amides is 3. The average molecular weight is 430 g/mol. The largest absolute Gasteiger partial charge is 0.453 e. The van der Waals surface area contributed by atoms with Gasteiger partial charge in [0.05, 0.1) is 24.2 Å². The molecule has 2 aromatic rings. The topological polar surface area (TPSA) is 130 Å². The lowest BCUT2D eigenvalue weighted by molar-refractivity contribution is -0.135. The minimum absolute atomic E-state index is 0.0773. The molecule has 1 aromatic carbocycles. The summed E-state index contributed by atoms with van der Waals surface area (Å²) in [6.45, 7) is 4.40. The lowest BCUT2D eigenvalue weighted by Crippen LogP contribution is -2.51. The van der Waals surface area contributed by atoms with Gasteiger partial charge in [0.1, 0.15) is 11.9 Å². The Kier molecular flexibility index (Phi) is 7.14. The molecule has 1 aliphatic rings. The van der Waals surface area contributed by atoms with Crippen molar-refractivity contribution in [1.29, 1.82) is 0 Å². The fraction of sp³-hybridized carbons (Fsp3) is 0.545. The van der Waals surface area contributed by atoms with Crippen LogP contribution in [0, 0.1) is 5.92 Å². The number of nitrogens with two attached hydrogens (primary N) is 1. The van der Waals surface area contributed by atoms with Gasteiger partial charge >= 0.3 is 6.09 Å². The Bertz CT molecular complexity index is 955. The lowest BCUT2D eigenvalue weighted by atomic mass is 10.0. The second-order valence-electron chi connectivity index (χ2n) is 8.34. The van der Waals surface area contributed by atoms with Crippen LogP contribution in [-0.4, -0.2) is 52.5 Å². The number of aromatic amines is 1. The van der Waals surface area contributed by atoms with Crippen molar-refractivity contribution in [1.82, 2.24) is 20.2 Å². The van der Waals surface area contributed by atoms with Gasteiger partial charge in [-0.1, -0.05) is 19.9 Å². The molecule has 4 N–H and O–H groups in total. The number of aryl methyl sites for hydroxylation is 1. The van der Waals surface area contributed by atoms with Gasteiger partial charge in [0, 0.05) is 13.0 Å². The highest BCUT2D eigenvalue weighted by Gasteiger charge is 2.37. The number of primary amides is 1. The average Bonchev–Trinajstić information content (AvgIpc) is 3.37. The number of nitrogens with one attached hydrogen (secondary N) is 2. The van der Waals surface area contributed by atoms with Crippen LogP contribution in [0.2, 0.25) is 0 Å². The normalized spacial score (nSPS) is 17.2. The molecule has 0 aliphatic carbocycles. The van der Waals surface area contributed by atoms with Crippen molar-refractivity contribution in [2.24, 2.45) is 11.7 Å². The molecule has 0 radical (unpaired) electrons. The molecule has 2 unspecified atom stereocenters. The summed E-state index contributed by atoms with van der Waals surface area (Å²) >= 11 is 0. The van der Waals surface area contributed by atoms with Crippen LogP contribution < -0.4 is 11.1 Å². The van der Waals surface area contributed by atoms with Crippen molar-refractivity contribution in [3.63, 3.8) is 0 Å². The predicted molar refractivity (Wildman–Crippen MR) is 116 cm³/mol. The van der Waals surface area contributed by atoms with Crippen LogP contribution in [0.3, 0.4) is 0 Å². The molecule has 1 saturated heterocycles. The van der Waals surface area contributed by atoms with Crippen LogP contribution in [0.4, 0.5) is 4.79 Å². The maximum absolute atomic E-state index is 13.2. The quantitative estimate of drug-likeness (QED) is 0.593. The third-order valence-electron chi connectivity index (χ3n) is 5.70. The van der Waals surface area contributed by atoms with E-state index in [4.69, 9.17) is 10.7 Å².